The first-order valence-electron chi connectivity index (χ1n) is 7.43. The zero-order valence-corrected chi connectivity index (χ0v) is 12.6. The number of benzene rings is 2. The molecule has 0 radical (unpaired) electrons. The molecule has 0 atom stereocenters. The lowest BCUT2D eigenvalue weighted by Crippen LogP contribution is -2.05. The van der Waals surface area contributed by atoms with E-state index in [0.29, 0.717) is 0 Å². The molecule has 1 heterocycles. The zero-order chi connectivity index (χ0) is 15.2. The number of nitrogens with zero attached hydrogens (tertiary/aromatic N) is 2. The number of hydrogen-bond donors (Lipinski definition) is 1. The summed E-state index contributed by atoms with van der Waals surface area (Å²) in [4.78, 5) is 8.61. The van der Waals surface area contributed by atoms with Crippen molar-refractivity contribution in [2.45, 2.75) is 12.8 Å². The summed E-state index contributed by atoms with van der Waals surface area (Å²) in [5.74, 6) is 1.80. The first-order chi connectivity index (χ1) is 10.9. The first kappa shape index (κ1) is 14.3. The van der Waals surface area contributed by atoms with Crippen LogP contribution in [0.5, 0.6) is 5.75 Å². The fraction of sp³-hybridized carbons (Fsp3) is 0.222. The predicted molar refractivity (Wildman–Crippen MR) is 89.3 cm³/mol. The van der Waals surface area contributed by atoms with Crippen LogP contribution in [0.3, 0.4) is 0 Å². The van der Waals surface area contributed by atoms with Gasteiger partial charge in [0.05, 0.1) is 12.6 Å². The SMILES string of the molecule is COc1ccc(CCCNc2ncnc3ccccc23)cc1. The number of ether oxygens (including phenoxy) is 1. The molecule has 0 aliphatic rings. The van der Waals surface area contributed by atoms with Crippen molar-refractivity contribution in [3.63, 3.8) is 0 Å². The Morgan fingerprint density at radius 1 is 1.00 bits per heavy atom. The molecular formula is C18H19N3O. The summed E-state index contributed by atoms with van der Waals surface area (Å²) in [6.45, 7) is 0.882. The van der Waals surface area contributed by atoms with E-state index in [-0.39, 0.29) is 0 Å². The van der Waals surface area contributed by atoms with Gasteiger partial charge < -0.3 is 10.1 Å². The molecule has 2 aromatic carbocycles. The number of aromatic nitrogens is 2. The average molecular weight is 293 g/mol. The second-order valence-electron chi connectivity index (χ2n) is 5.12. The first-order valence-corrected chi connectivity index (χ1v) is 7.43. The van der Waals surface area contributed by atoms with Crippen molar-refractivity contribution >= 4 is 16.7 Å². The summed E-state index contributed by atoms with van der Waals surface area (Å²) >= 11 is 0. The Morgan fingerprint density at radius 2 is 1.82 bits per heavy atom. The van der Waals surface area contributed by atoms with Crippen LogP contribution < -0.4 is 10.1 Å². The highest BCUT2D eigenvalue weighted by Crippen LogP contribution is 2.18. The van der Waals surface area contributed by atoms with Crippen molar-refractivity contribution in [1.29, 1.82) is 0 Å². The van der Waals surface area contributed by atoms with Crippen LogP contribution in [0.4, 0.5) is 5.82 Å². The molecule has 4 nitrogen and oxygen atoms in total. The maximum Gasteiger partial charge on any atom is 0.137 e. The fourth-order valence-corrected chi connectivity index (χ4v) is 2.44. The molecule has 0 unspecified atom stereocenters. The van der Waals surface area contributed by atoms with Gasteiger partial charge in [0.2, 0.25) is 0 Å². The molecule has 0 aliphatic carbocycles. The second kappa shape index (κ2) is 6.89. The molecule has 112 valence electrons. The Kier molecular flexibility index (Phi) is 4.49. The Bertz CT molecular complexity index is 735. The van der Waals surface area contributed by atoms with E-state index in [1.807, 2.05) is 36.4 Å². The van der Waals surface area contributed by atoms with Crippen LogP contribution in [0, 0.1) is 0 Å². The molecule has 1 N–H and O–H groups in total. The molecule has 3 rings (SSSR count). The average Bonchev–Trinajstić information content (AvgIpc) is 2.59. The molecule has 0 amide bonds. The van der Waals surface area contributed by atoms with E-state index in [1.165, 1.54) is 5.56 Å². The third-order valence-corrected chi connectivity index (χ3v) is 3.64. The van der Waals surface area contributed by atoms with Gasteiger partial charge in [-0.2, -0.15) is 0 Å². The Balaban J connectivity index is 1.56. The maximum atomic E-state index is 5.17. The van der Waals surface area contributed by atoms with Gasteiger partial charge in [-0.3, -0.25) is 0 Å². The summed E-state index contributed by atoms with van der Waals surface area (Å²) in [5.41, 5.74) is 2.28. The summed E-state index contributed by atoms with van der Waals surface area (Å²) in [6, 6.07) is 16.3. The Hall–Kier alpha value is -2.62. The molecule has 0 bridgehead atoms. The number of fused-ring (bicyclic) bond motifs is 1. The number of anilines is 1. The van der Waals surface area contributed by atoms with Gasteiger partial charge in [-0.25, -0.2) is 9.97 Å². The highest BCUT2D eigenvalue weighted by Gasteiger charge is 2.02. The van der Waals surface area contributed by atoms with E-state index in [2.05, 4.69) is 27.4 Å². The predicted octanol–water partition coefficient (Wildman–Crippen LogP) is 3.68. The largest absolute Gasteiger partial charge is 0.497 e. The third-order valence-electron chi connectivity index (χ3n) is 3.64. The highest BCUT2D eigenvalue weighted by molar-refractivity contribution is 5.88. The molecular weight excluding hydrogens is 274 g/mol. The molecule has 0 spiro atoms. The molecule has 4 heteroatoms. The lowest BCUT2D eigenvalue weighted by molar-refractivity contribution is 0.414. The van der Waals surface area contributed by atoms with E-state index >= 15 is 0 Å². The van der Waals surface area contributed by atoms with Gasteiger partial charge in [0.1, 0.15) is 17.9 Å². The molecule has 0 saturated heterocycles. The Labute approximate surface area is 130 Å². The zero-order valence-electron chi connectivity index (χ0n) is 12.6. The van der Waals surface area contributed by atoms with Crippen molar-refractivity contribution in [3.05, 3.63) is 60.4 Å². The van der Waals surface area contributed by atoms with Crippen LogP contribution in [0.2, 0.25) is 0 Å². The van der Waals surface area contributed by atoms with E-state index in [4.69, 9.17) is 4.74 Å². The van der Waals surface area contributed by atoms with Gasteiger partial charge in [-0.15, -0.1) is 0 Å². The smallest absolute Gasteiger partial charge is 0.137 e. The van der Waals surface area contributed by atoms with Crippen LogP contribution in [-0.4, -0.2) is 23.6 Å². The summed E-state index contributed by atoms with van der Waals surface area (Å²) < 4.78 is 5.17. The molecule has 3 aromatic rings. The minimum atomic E-state index is 0.882. The molecule has 0 saturated carbocycles. The van der Waals surface area contributed by atoms with Crippen molar-refractivity contribution < 1.29 is 4.74 Å². The van der Waals surface area contributed by atoms with Gasteiger partial charge in [-0.1, -0.05) is 24.3 Å². The number of nitrogens with one attached hydrogen (secondary N) is 1. The fourth-order valence-electron chi connectivity index (χ4n) is 2.44. The number of aryl methyl sites for hydroxylation is 1. The summed E-state index contributed by atoms with van der Waals surface area (Å²) in [5, 5.41) is 4.47. The lowest BCUT2D eigenvalue weighted by atomic mass is 10.1. The highest BCUT2D eigenvalue weighted by atomic mass is 16.5. The van der Waals surface area contributed by atoms with Crippen molar-refractivity contribution in [2.75, 3.05) is 19.0 Å². The van der Waals surface area contributed by atoms with Gasteiger partial charge >= 0.3 is 0 Å². The van der Waals surface area contributed by atoms with Crippen LogP contribution in [0.25, 0.3) is 10.9 Å². The Morgan fingerprint density at radius 3 is 2.64 bits per heavy atom. The molecule has 1 aromatic heterocycles. The van der Waals surface area contributed by atoms with Crippen LogP contribution in [0.1, 0.15) is 12.0 Å². The standard InChI is InChI=1S/C18H19N3O/c1-22-15-10-8-14(9-11-15)5-4-12-19-18-16-6-2-3-7-17(16)20-13-21-18/h2-3,6-11,13H,4-5,12H2,1H3,(H,19,20,21). The number of rotatable bonds is 6. The topological polar surface area (TPSA) is 47.0 Å². The van der Waals surface area contributed by atoms with E-state index in [9.17, 15) is 0 Å². The normalized spacial score (nSPS) is 10.6. The molecule has 0 aliphatic heterocycles. The van der Waals surface area contributed by atoms with E-state index < -0.39 is 0 Å². The second-order valence-corrected chi connectivity index (χ2v) is 5.12. The van der Waals surface area contributed by atoms with Crippen LogP contribution >= 0.6 is 0 Å². The third kappa shape index (κ3) is 3.34. The van der Waals surface area contributed by atoms with Gasteiger partial charge in [0, 0.05) is 11.9 Å². The minimum absolute atomic E-state index is 0.882. The van der Waals surface area contributed by atoms with Crippen molar-refractivity contribution in [3.8, 4) is 5.75 Å². The van der Waals surface area contributed by atoms with E-state index in [0.717, 1.165) is 41.9 Å². The van der Waals surface area contributed by atoms with Crippen molar-refractivity contribution in [2.24, 2.45) is 0 Å². The number of para-hydroxylation sites is 1. The van der Waals surface area contributed by atoms with Gasteiger partial charge in [-0.05, 0) is 42.7 Å². The maximum absolute atomic E-state index is 5.17. The van der Waals surface area contributed by atoms with Crippen molar-refractivity contribution in [1.82, 2.24) is 9.97 Å². The number of methoxy groups -OCH3 is 1. The quantitative estimate of drug-likeness (QED) is 0.704. The monoisotopic (exact) mass is 293 g/mol. The number of hydrogen-bond acceptors (Lipinski definition) is 4. The van der Waals surface area contributed by atoms with Crippen LogP contribution in [0.15, 0.2) is 54.9 Å². The van der Waals surface area contributed by atoms with Crippen LogP contribution in [-0.2, 0) is 6.42 Å². The summed E-state index contributed by atoms with van der Waals surface area (Å²) in [7, 11) is 1.69. The van der Waals surface area contributed by atoms with Gasteiger partial charge in [0.15, 0.2) is 0 Å². The lowest BCUT2D eigenvalue weighted by Gasteiger charge is -2.08. The molecule has 22 heavy (non-hydrogen) atoms. The minimum Gasteiger partial charge on any atom is -0.497 e. The molecule has 0 fully saturated rings. The van der Waals surface area contributed by atoms with E-state index in [1.54, 1.807) is 13.4 Å². The summed E-state index contributed by atoms with van der Waals surface area (Å²) in [6.07, 6.45) is 3.68. The van der Waals surface area contributed by atoms with Gasteiger partial charge in [0.25, 0.3) is 0 Å².